The highest BCUT2D eigenvalue weighted by molar-refractivity contribution is 7.22. The van der Waals surface area contributed by atoms with E-state index in [1.165, 1.54) is 16.2 Å². The van der Waals surface area contributed by atoms with Gasteiger partial charge in [0.05, 0.1) is 28.2 Å². The minimum Gasteiger partial charge on any atom is -0.508 e. The van der Waals surface area contributed by atoms with Crippen molar-refractivity contribution in [1.82, 2.24) is 25.4 Å². The first kappa shape index (κ1) is 52.6. The summed E-state index contributed by atoms with van der Waals surface area (Å²) in [6, 6.07) is 24.6. The van der Waals surface area contributed by atoms with Crippen LogP contribution in [0.15, 0.2) is 96.5 Å². The van der Waals surface area contributed by atoms with E-state index in [9.17, 15) is 34.5 Å². The van der Waals surface area contributed by atoms with Crippen LogP contribution < -0.4 is 15.4 Å². The summed E-state index contributed by atoms with van der Waals surface area (Å²) in [7, 11) is 0. The number of thiophene rings is 1. The number of carbonyl (C=O) groups is 4. The molecule has 3 amide bonds. The topological polar surface area (TPSA) is 191 Å². The number of aryl methyl sites for hydroxylation is 1. The number of benzene rings is 4. The van der Waals surface area contributed by atoms with Gasteiger partial charge in [-0.15, -0.1) is 22.7 Å². The quantitative estimate of drug-likeness (QED) is 0.0323. The third-order valence-electron chi connectivity index (χ3n) is 12.8. The number of aliphatic hydroxyl groups is 1. The molecular weight excluding hydrogens is 939 g/mol. The molecule has 3 heterocycles. The van der Waals surface area contributed by atoms with Gasteiger partial charge in [0.25, 0.3) is 0 Å². The number of ether oxygens (including phenoxy) is 2. The summed E-state index contributed by atoms with van der Waals surface area (Å²) in [5, 5.41) is 37.3. The van der Waals surface area contributed by atoms with Crippen molar-refractivity contribution in [2.24, 2.45) is 5.41 Å². The average Bonchev–Trinajstić information content (AvgIpc) is 4.08. The zero-order valence-corrected chi connectivity index (χ0v) is 42.9. The van der Waals surface area contributed by atoms with Crippen LogP contribution in [-0.4, -0.2) is 118 Å². The molecule has 7 rings (SSSR count). The molecule has 376 valence electrons. The standard InChI is InChI=1S/C55H65N5O9S2/c1-7-59(26-28-69-43-22-17-37(18-23-43)49(65)48-44-24-21-41(62)30-46(44)71-51(48)39-15-19-40(61)20-16-39)25-9-8-10-27-68-32-47(64)58-52(55(4,5)6)54(67)60-31-42(63)29-45(60)53(66)57-34(2)36-11-13-38(14-12-36)50-35(3)56-33-70-50/h11-24,30,33-34,42,45,52,61-63H,7-10,25-29,31-32H2,1-6H3,(H,57,66)(H,58,64)/t34-,42+,45-,52+/m0/s1. The molecule has 1 saturated heterocycles. The van der Waals surface area contributed by atoms with E-state index in [1.807, 2.05) is 64.4 Å². The van der Waals surface area contributed by atoms with Crippen LogP contribution in [0.2, 0.25) is 0 Å². The Labute approximate surface area is 423 Å². The van der Waals surface area contributed by atoms with Gasteiger partial charge >= 0.3 is 0 Å². The second-order valence-electron chi connectivity index (χ2n) is 19.2. The number of aromatic nitrogens is 1. The molecule has 0 saturated carbocycles. The first-order valence-corrected chi connectivity index (χ1v) is 25.9. The summed E-state index contributed by atoms with van der Waals surface area (Å²) < 4.78 is 12.6. The van der Waals surface area contributed by atoms with E-state index in [-0.39, 0.29) is 48.8 Å². The molecule has 4 aromatic carbocycles. The molecule has 1 fully saturated rings. The second kappa shape index (κ2) is 23.8. The van der Waals surface area contributed by atoms with Crippen LogP contribution in [0.1, 0.15) is 93.5 Å². The number of nitrogens with one attached hydrogen (secondary N) is 2. The van der Waals surface area contributed by atoms with Gasteiger partial charge in [0.1, 0.15) is 42.5 Å². The lowest BCUT2D eigenvalue weighted by Crippen LogP contribution is -2.58. The number of carbonyl (C=O) groups excluding carboxylic acids is 4. The van der Waals surface area contributed by atoms with Crippen LogP contribution in [0.25, 0.3) is 31.0 Å². The molecule has 14 nitrogen and oxygen atoms in total. The number of unbranched alkanes of at least 4 members (excludes halogenated alkanes) is 2. The molecule has 5 N–H and O–H groups in total. The Morgan fingerprint density at radius 1 is 0.859 bits per heavy atom. The maximum Gasteiger partial charge on any atom is 0.246 e. The average molecular weight is 1000 g/mol. The van der Waals surface area contributed by atoms with Crippen molar-refractivity contribution in [3.05, 3.63) is 119 Å². The van der Waals surface area contributed by atoms with Gasteiger partial charge in [0.15, 0.2) is 5.78 Å². The Morgan fingerprint density at radius 3 is 2.23 bits per heavy atom. The molecule has 71 heavy (non-hydrogen) atoms. The Hall–Kier alpha value is -6.17. The van der Waals surface area contributed by atoms with E-state index in [0.717, 1.165) is 81.1 Å². The summed E-state index contributed by atoms with van der Waals surface area (Å²) in [4.78, 5) is 64.8. The van der Waals surface area contributed by atoms with E-state index < -0.39 is 35.4 Å². The Kier molecular flexibility index (Phi) is 17.7. The number of thiazole rings is 1. The van der Waals surface area contributed by atoms with Crippen LogP contribution in [0, 0.1) is 12.3 Å². The molecule has 0 radical (unpaired) electrons. The molecule has 16 heteroatoms. The van der Waals surface area contributed by atoms with Gasteiger partial charge in [0, 0.05) is 52.2 Å². The molecule has 2 aromatic heterocycles. The highest BCUT2D eigenvalue weighted by Crippen LogP contribution is 2.42. The van der Waals surface area contributed by atoms with Gasteiger partial charge < -0.3 is 45.2 Å². The summed E-state index contributed by atoms with van der Waals surface area (Å²) >= 11 is 2.99. The highest BCUT2D eigenvalue weighted by Gasteiger charge is 2.44. The van der Waals surface area contributed by atoms with E-state index in [0.29, 0.717) is 30.1 Å². The summed E-state index contributed by atoms with van der Waals surface area (Å²) in [6.07, 6.45) is 1.80. The number of phenols is 2. The maximum absolute atomic E-state index is 14.1. The Bertz CT molecular complexity index is 2770. The van der Waals surface area contributed by atoms with Gasteiger partial charge in [-0.25, -0.2) is 4.98 Å². The zero-order valence-electron chi connectivity index (χ0n) is 41.3. The normalized spacial score (nSPS) is 15.7. The van der Waals surface area contributed by atoms with Crippen LogP contribution >= 0.6 is 22.7 Å². The SMILES string of the molecule is CCN(CCCCCOCC(=O)N[C@H](C(=O)N1C[C@H](O)C[C@H]1C(=O)N[C@@H](C)c1ccc(-c2scnc2C)cc1)C(C)(C)C)CCOc1ccc(C(=O)c2c(-c3ccc(O)cc3)sc3cc(O)ccc23)cc1. The fourth-order valence-electron chi connectivity index (χ4n) is 8.79. The lowest BCUT2D eigenvalue weighted by Gasteiger charge is -2.35. The van der Waals surface area contributed by atoms with E-state index in [2.05, 4.69) is 27.4 Å². The summed E-state index contributed by atoms with van der Waals surface area (Å²) in [5.74, 6) is -0.451. The van der Waals surface area contributed by atoms with Crippen molar-refractivity contribution < 1.29 is 44.0 Å². The molecule has 4 atom stereocenters. The molecule has 0 unspecified atom stereocenters. The monoisotopic (exact) mass is 1000 g/mol. The number of nitrogens with zero attached hydrogens (tertiary/aromatic N) is 3. The fraction of sp³-hybridized carbons (Fsp3) is 0.400. The number of likely N-dealkylation sites (tertiary alicyclic amines) is 1. The first-order chi connectivity index (χ1) is 34.0. The number of β-amino-alcohol motifs (C(OH)–C–C–N with tert-alkyl or cyclic N) is 1. The molecule has 1 aliphatic heterocycles. The number of hydrogen-bond donors (Lipinski definition) is 5. The number of amides is 3. The largest absolute Gasteiger partial charge is 0.508 e. The molecule has 1 aliphatic rings. The lowest BCUT2D eigenvalue weighted by molar-refractivity contribution is -0.144. The van der Waals surface area contributed by atoms with Gasteiger partial charge in [-0.05, 0) is 135 Å². The third kappa shape index (κ3) is 13.4. The molecule has 0 spiro atoms. The first-order valence-electron chi connectivity index (χ1n) is 24.2. The van der Waals surface area contributed by atoms with Crippen molar-refractivity contribution in [1.29, 1.82) is 0 Å². The Morgan fingerprint density at radius 2 is 1.55 bits per heavy atom. The van der Waals surface area contributed by atoms with Gasteiger partial charge in [-0.1, -0.05) is 52.0 Å². The van der Waals surface area contributed by atoms with Crippen LogP contribution in [0.3, 0.4) is 0 Å². The number of rotatable bonds is 22. The smallest absolute Gasteiger partial charge is 0.246 e. The fourth-order valence-corrected chi connectivity index (χ4v) is 10.8. The minimum absolute atomic E-state index is 0.0121. The van der Waals surface area contributed by atoms with Crippen molar-refractivity contribution in [2.45, 2.75) is 91.5 Å². The van der Waals surface area contributed by atoms with Crippen molar-refractivity contribution in [3.63, 3.8) is 0 Å². The van der Waals surface area contributed by atoms with Crippen LogP contribution in [0.4, 0.5) is 0 Å². The van der Waals surface area contributed by atoms with Crippen LogP contribution in [0.5, 0.6) is 17.2 Å². The predicted molar refractivity (Wildman–Crippen MR) is 279 cm³/mol. The number of phenolic OH excluding ortho intramolecular Hbond substituents is 2. The van der Waals surface area contributed by atoms with E-state index in [1.54, 1.807) is 78.1 Å². The molecular formula is C55H65N5O9S2. The van der Waals surface area contributed by atoms with E-state index in [4.69, 9.17) is 9.47 Å². The highest BCUT2D eigenvalue weighted by atomic mass is 32.1. The number of aromatic hydroxyl groups is 2. The predicted octanol–water partition coefficient (Wildman–Crippen LogP) is 8.90. The minimum atomic E-state index is -0.950. The van der Waals surface area contributed by atoms with Crippen molar-refractivity contribution in [3.8, 4) is 38.1 Å². The van der Waals surface area contributed by atoms with Crippen molar-refractivity contribution >= 4 is 56.3 Å². The third-order valence-corrected chi connectivity index (χ3v) is 15.0. The number of ketones is 1. The number of hydrogen-bond acceptors (Lipinski definition) is 13. The number of aliphatic hydroxyl groups excluding tert-OH is 1. The summed E-state index contributed by atoms with van der Waals surface area (Å²) in [5.41, 5.74) is 5.90. The molecule has 6 aromatic rings. The maximum atomic E-state index is 14.1. The Balaban J connectivity index is 0.813. The summed E-state index contributed by atoms with van der Waals surface area (Å²) in [6.45, 7) is 14.6. The lowest BCUT2D eigenvalue weighted by atomic mass is 9.85. The second-order valence-corrected chi connectivity index (χ2v) is 21.1. The molecule has 0 bridgehead atoms. The van der Waals surface area contributed by atoms with Crippen molar-refractivity contribution in [2.75, 3.05) is 46.0 Å². The zero-order chi connectivity index (χ0) is 50.8. The molecule has 0 aliphatic carbocycles. The van der Waals surface area contributed by atoms with Gasteiger partial charge in [-0.3, -0.25) is 19.2 Å². The van der Waals surface area contributed by atoms with Gasteiger partial charge in [0.2, 0.25) is 17.7 Å². The van der Waals surface area contributed by atoms with Gasteiger partial charge in [-0.2, -0.15) is 0 Å². The number of likely N-dealkylation sites (N-methyl/N-ethyl adjacent to an activating group) is 1. The number of fused-ring (bicyclic) bond motifs is 1. The van der Waals surface area contributed by atoms with E-state index >= 15 is 0 Å². The van der Waals surface area contributed by atoms with Crippen LogP contribution in [-0.2, 0) is 19.1 Å².